The second-order valence-corrected chi connectivity index (χ2v) is 7.58. The number of unbranched alkanes of at least 4 members (excludes halogenated alkanes) is 6. The normalized spacial score (nSPS) is 17.0. The van der Waals surface area contributed by atoms with Crippen molar-refractivity contribution in [1.29, 1.82) is 0 Å². The summed E-state index contributed by atoms with van der Waals surface area (Å²) in [5.41, 5.74) is 0. The Morgan fingerprint density at radius 3 is 1.46 bits per heavy atom. The summed E-state index contributed by atoms with van der Waals surface area (Å²) in [4.78, 5) is 35.0. The standard InChI is InChI=1S/C21H37NO6/c1-5-6-7-8-9-10-11-12-13-14-15-22(16(2)19(23)24,17(3)20(25)26)18(4)21(27)28/h10-11,16-18H,5-9,12-15H2,1-4H3,(H2-,23,24,25,26,27,28)/p+1/b11-10+. The molecule has 3 atom stereocenters. The Bertz CT molecular complexity index is 481. The van der Waals surface area contributed by atoms with Crippen LogP contribution in [0.5, 0.6) is 0 Å². The monoisotopic (exact) mass is 400 g/mol. The van der Waals surface area contributed by atoms with E-state index in [2.05, 4.69) is 19.1 Å². The molecule has 0 aromatic rings. The first-order valence-corrected chi connectivity index (χ1v) is 10.3. The molecule has 7 nitrogen and oxygen atoms in total. The van der Waals surface area contributed by atoms with Crippen molar-refractivity contribution in [2.45, 2.75) is 97.2 Å². The second-order valence-electron chi connectivity index (χ2n) is 7.58. The van der Waals surface area contributed by atoms with Gasteiger partial charge in [0, 0.05) is 0 Å². The number of quaternary nitrogens is 1. The van der Waals surface area contributed by atoms with Crippen molar-refractivity contribution < 1.29 is 34.2 Å². The van der Waals surface area contributed by atoms with Gasteiger partial charge in [-0.3, -0.25) is 4.48 Å². The molecule has 3 unspecified atom stereocenters. The van der Waals surface area contributed by atoms with E-state index in [1.54, 1.807) is 0 Å². The van der Waals surface area contributed by atoms with Gasteiger partial charge in [0.05, 0.1) is 6.54 Å². The summed E-state index contributed by atoms with van der Waals surface area (Å²) in [6.45, 7) is 6.57. The maximum Gasteiger partial charge on any atom is 0.362 e. The molecule has 0 aromatic heterocycles. The summed E-state index contributed by atoms with van der Waals surface area (Å²) in [5, 5.41) is 28.6. The molecule has 0 heterocycles. The third-order valence-electron chi connectivity index (χ3n) is 5.79. The largest absolute Gasteiger partial charge is 0.477 e. The molecule has 0 aromatic carbocycles. The highest BCUT2D eigenvalue weighted by Crippen LogP contribution is 2.27. The average Bonchev–Trinajstić information content (AvgIpc) is 2.64. The van der Waals surface area contributed by atoms with Crippen LogP contribution in [0, 0.1) is 0 Å². The molecule has 0 spiro atoms. The third kappa shape index (κ3) is 7.62. The molecule has 28 heavy (non-hydrogen) atoms. The van der Waals surface area contributed by atoms with Gasteiger partial charge in [0.25, 0.3) is 0 Å². The molecule has 0 saturated carbocycles. The summed E-state index contributed by atoms with van der Waals surface area (Å²) in [6.07, 6.45) is 12.3. The first-order valence-electron chi connectivity index (χ1n) is 10.3. The molecular formula is C21H38NO6+. The van der Waals surface area contributed by atoms with E-state index in [4.69, 9.17) is 0 Å². The first-order chi connectivity index (χ1) is 13.1. The van der Waals surface area contributed by atoms with Crippen LogP contribution in [0.15, 0.2) is 12.2 Å². The maximum absolute atomic E-state index is 11.7. The van der Waals surface area contributed by atoms with Crippen LogP contribution in [0.1, 0.15) is 79.1 Å². The first kappa shape index (κ1) is 26.1. The van der Waals surface area contributed by atoms with Gasteiger partial charge in [-0.25, -0.2) is 14.4 Å². The van der Waals surface area contributed by atoms with Crippen LogP contribution in [0.4, 0.5) is 0 Å². The topological polar surface area (TPSA) is 112 Å². The van der Waals surface area contributed by atoms with E-state index in [0.717, 1.165) is 19.3 Å². The van der Waals surface area contributed by atoms with Gasteiger partial charge in [-0.1, -0.05) is 38.3 Å². The molecule has 0 amide bonds. The number of rotatable bonds is 16. The Morgan fingerprint density at radius 2 is 1.11 bits per heavy atom. The number of carboxylic acids is 3. The third-order valence-corrected chi connectivity index (χ3v) is 5.79. The summed E-state index contributed by atoms with van der Waals surface area (Å²) in [7, 11) is 0. The van der Waals surface area contributed by atoms with Crippen LogP contribution < -0.4 is 0 Å². The van der Waals surface area contributed by atoms with Crippen molar-refractivity contribution in [3.63, 3.8) is 0 Å². The SMILES string of the molecule is CCCCCC/C=C/CCCC[N+](C(C)C(=O)O)(C(C)C(=O)O)C(C)C(=O)O. The lowest BCUT2D eigenvalue weighted by Crippen LogP contribution is -2.70. The van der Waals surface area contributed by atoms with Gasteiger partial charge in [0.15, 0.2) is 18.1 Å². The van der Waals surface area contributed by atoms with Gasteiger partial charge >= 0.3 is 17.9 Å². The van der Waals surface area contributed by atoms with Crippen molar-refractivity contribution in [2.24, 2.45) is 0 Å². The van der Waals surface area contributed by atoms with Gasteiger partial charge in [-0.15, -0.1) is 0 Å². The molecule has 162 valence electrons. The highest BCUT2D eigenvalue weighted by molar-refractivity contribution is 5.77. The molecule has 0 fully saturated rings. The maximum atomic E-state index is 11.7. The van der Waals surface area contributed by atoms with Crippen LogP contribution in [0.2, 0.25) is 0 Å². The molecule has 0 aliphatic rings. The van der Waals surface area contributed by atoms with Crippen molar-refractivity contribution in [3.8, 4) is 0 Å². The highest BCUT2D eigenvalue weighted by Gasteiger charge is 2.52. The lowest BCUT2D eigenvalue weighted by molar-refractivity contribution is -0.968. The summed E-state index contributed by atoms with van der Waals surface area (Å²) in [6, 6.07) is -3.40. The van der Waals surface area contributed by atoms with Gasteiger partial charge < -0.3 is 15.3 Å². The fraction of sp³-hybridized carbons (Fsp3) is 0.762. The number of hydrogen-bond donors (Lipinski definition) is 3. The summed E-state index contributed by atoms with van der Waals surface area (Å²) in [5.74, 6) is -3.56. The predicted octanol–water partition coefficient (Wildman–Crippen LogP) is 3.92. The fourth-order valence-electron chi connectivity index (χ4n) is 3.78. The minimum atomic E-state index is -1.19. The van der Waals surface area contributed by atoms with Crippen molar-refractivity contribution in [3.05, 3.63) is 12.2 Å². The van der Waals surface area contributed by atoms with Gasteiger partial charge in [0.1, 0.15) is 0 Å². The predicted molar refractivity (Wildman–Crippen MR) is 108 cm³/mol. The van der Waals surface area contributed by atoms with E-state index < -0.39 is 40.5 Å². The Kier molecular flexibility index (Phi) is 12.4. The molecule has 7 heteroatoms. The number of allylic oxidation sites excluding steroid dienone is 2. The Labute approximate surface area is 168 Å². The van der Waals surface area contributed by atoms with E-state index >= 15 is 0 Å². The quantitative estimate of drug-likeness (QED) is 0.206. The Balaban J connectivity index is 5.04. The average molecular weight is 401 g/mol. The van der Waals surface area contributed by atoms with Gasteiger partial charge in [0.2, 0.25) is 0 Å². The zero-order valence-corrected chi connectivity index (χ0v) is 17.8. The lowest BCUT2D eigenvalue weighted by atomic mass is 10.0. The van der Waals surface area contributed by atoms with Crippen molar-refractivity contribution in [1.82, 2.24) is 0 Å². The zero-order valence-electron chi connectivity index (χ0n) is 17.8. The Hall–Kier alpha value is -1.89. The highest BCUT2D eigenvalue weighted by atomic mass is 16.4. The minimum Gasteiger partial charge on any atom is -0.477 e. The number of nitrogens with zero attached hydrogens (tertiary/aromatic N) is 1. The van der Waals surface area contributed by atoms with Gasteiger partial charge in [-0.05, 0) is 52.9 Å². The van der Waals surface area contributed by atoms with Crippen LogP contribution in [-0.2, 0) is 14.4 Å². The van der Waals surface area contributed by atoms with Crippen LogP contribution in [-0.4, -0.2) is 62.4 Å². The van der Waals surface area contributed by atoms with Crippen LogP contribution in [0.25, 0.3) is 0 Å². The summed E-state index contributed by atoms with van der Waals surface area (Å²) >= 11 is 0. The second kappa shape index (κ2) is 13.3. The van der Waals surface area contributed by atoms with Crippen LogP contribution >= 0.6 is 0 Å². The zero-order chi connectivity index (χ0) is 21.7. The number of carboxylic acid groups (broad SMARTS) is 3. The molecule has 0 bridgehead atoms. The van der Waals surface area contributed by atoms with E-state index in [1.165, 1.54) is 46.5 Å². The van der Waals surface area contributed by atoms with E-state index in [9.17, 15) is 29.7 Å². The molecule has 0 rings (SSSR count). The molecular weight excluding hydrogens is 362 g/mol. The van der Waals surface area contributed by atoms with Crippen LogP contribution in [0.3, 0.4) is 0 Å². The molecule has 0 radical (unpaired) electrons. The molecule has 0 aliphatic heterocycles. The lowest BCUT2D eigenvalue weighted by Gasteiger charge is -2.47. The van der Waals surface area contributed by atoms with Crippen molar-refractivity contribution >= 4 is 17.9 Å². The van der Waals surface area contributed by atoms with E-state index in [-0.39, 0.29) is 6.54 Å². The Morgan fingerprint density at radius 1 is 0.714 bits per heavy atom. The van der Waals surface area contributed by atoms with Crippen molar-refractivity contribution in [2.75, 3.05) is 6.54 Å². The number of aliphatic carboxylic acids is 3. The minimum absolute atomic E-state index is 0.193. The van der Waals surface area contributed by atoms with E-state index in [1.807, 2.05) is 0 Å². The molecule has 0 aliphatic carbocycles. The fourth-order valence-corrected chi connectivity index (χ4v) is 3.78. The number of carbonyl (C=O) groups is 3. The molecule has 0 saturated heterocycles. The summed E-state index contributed by atoms with van der Waals surface area (Å²) < 4.78 is -0.499. The van der Waals surface area contributed by atoms with Gasteiger partial charge in [-0.2, -0.15) is 0 Å². The number of hydrogen-bond acceptors (Lipinski definition) is 3. The smallest absolute Gasteiger partial charge is 0.362 e. The molecule has 3 N–H and O–H groups in total. The van der Waals surface area contributed by atoms with E-state index in [0.29, 0.717) is 6.42 Å².